The van der Waals surface area contributed by atoms with E-state index in [-0.39, 0.29) is 0 Å². The highest BCUT2D eigenvalue weighted by atomic mass is 15.2. The minimum absolute atomic E-state index is 0.533. The first-order chi connectivity index (χ1) is 15.5. The van der Waals surface area contributed by atoms with Crippen LogP contribution in [0.3, 0.4) is 0 Å². The van der Waals surface area contributed by atoms with E-state index in [9.17, 15) is 0 Å². The molecule has 0 amide bonds. The van der Waals surface area contributed by atoms with Gasteiger partial charge in [0.25, 0.3) is 0 Å². The van der Waals surface area contributed by atoms with Gasteiger partial charge < -0.3 is 0 Å². The number of hydrogen-bond donors (Lipinski definition) is 0. The molecule has 162 valence electrons. The lowest BCUT2D eigenvalue weighted by atomic mass is 9.84. The van der Waals surface area contributed by atoms with Crippen LogP contribution in [0.15, 0.2) is 60.8 Å². The van der Waals surface area contributed by atoms with E-state index < -0.39 is 0 Å². The van der Waals surface area contributed by atoms with Crippen molar-refractivity contribution in [2.75, 3.05) is 0 Å². The molecule has 3 aromatic carbocycles. The van der Waals surface area contributed by atoms with E-state index in [1.165, 1.54) is 73.4 Å². The first-order valence-corrected chi connectivity index (χ1v) is 11.9. The van der Waals surface area contributed by atoms with Gasteiger partial charge in [0, 0.05) is 10.8 Å². The molecule has 2 heterocycles. The third kappa shape index (κ3) is 3.12. The third-order valence-corrected chi connectivity index (χ3v) is 7.05. The van der Waals surface area contributed by atoms with Gasteiger partial charge in [-0.2, -0.15) is 5.10 Å². The van der Waals surface area contributed by atoms with Crippen LogP contribution < -0.4 is 0 Å². The van der Waals surface area contributed by atoms with Crippen molar-refractivity contribution in [3.63, 3.8) is 0 Å². The summed E-state index contributed by atoms with van der Waals surface area (Å²) in [6.07, 6.45) is 5.47. The van der Waals surface area contributed by atoms with Crippen molar-refractivity contribution < 1.29 is 0 Å². The number of rotatable bonds is 5. The molecule has 0 saturated heterocycles. The first-order valence-electron chi connectivity index (χ1n) is 11.9. The molecule has 2 nitrogen and oxygen atoms in total. The number of pyridine rings is 1. The summed E-state index contributed by atoms with van der Waals surface area (Å²) in [5.41, 5.74) is 10.6. The molecule has 0 aliphatic heterocycles. The molecule has 2 heteroatoms. The van der Waals surface area contributed by atoms with Crippen LogP contribution in [0, 0.1) is 20.8 Å². The van der Waals surface area contributed by atoms with Gasteiger partial charge in [0.15, 0.2) is 0 Å². The highest BCUT2D eigenvalue weighted by Gasteiger charge is 2.21. The summed E-state index contributed by atoms with van der Waals surface area (Å²) < 4.78 is 2.20. The van der Waals surface area contributed by atoms with Crippen molar-refractivity contribution in [1.82, 2.24) is 9.61 Å². The summed E-state index contributed by atoms with van der Waals surface area (Å²) in [5, 5.41) is 8.76. The Morgan fingerprint density at radius 3 is 2.28 bits per heavy atom. The summed E-state index contributed by atoms with van der Waals surface area (Å²) in [7, 11) is 0. The highest BCUT2D eigenvalue weighted by molar-refractivity contribution is 6.18. The topological polar surface area (TPSA) is 17.3 Å². The fraction of sp³-hybridized carbons (Fsp3) is 0.300. The second-order valence-corrected chi connectivity index (χ2v) is 9.27. The average Bonchev–Trinajstić information content (AvgIpc) is 3.27. The van der Waals surface area contributed by atoms with E-state index in [2.05, 4.69) is 93.7 Å². The molecule has 5 rings (SSSR count). The average molecular weight is 421 g/mol. The number of aromatic nitrogens is 2. The van der Waals surface area contributed by atoms with Gasteiger partial charge >= 0.3 is 0 Å². The number of hydrogen-bond acceptors (Lipinski definition) is 1. The van der Waals surface area contributed by atoms with Crippen LogP contribution in [0.1, 0.15) is 61.3 Å². The van der Waals surface area contributed by atoms with Crippen LogP contribution in [0.4, 0.5) is 0 Å². The molecule has 0 fully saturated rings. The van der Waals surface area contributed by atoms with E-state index in [4.69, 9.17) is 5.10 Å². The van der Waals surface area contributed by atoms with Crippen LogP contribution in [-0.2, 0) is 0 Å². The Labute approximate surface area is 190 Å². The Morgan fingerprint density at radius 2 is 1.59 bits per heavy atom. The van der Waals surface area contributed by atoms with Crippen LogP contribution in [-0.4, -0.2) is 9.61 Å². The van der Waals surface area contributed by atoms with Crippen molar-refractivity contribution in [3.8, 4) is 11.1 Å². The molecule has 1 unspecified atom stereocenters. The Bertz CT molecular complexity index is 1430. The predicted octanol–water partition coefficient (Wildman–Crippen LogP) is 8.53. The largest absolute Gasteiger partial charge is 0.232 e. The van der Waals surface area contributed by atoms with E-state index in [1.54, 1.807) is 0 Å². The monoisotopic (exact) mass is 420 g/mol. The van der Waals surface area contributed by atoms with E-state index in [0.29, 0.717) is 5.92 Å². The second kappa shape index (κ2) is 8.09. The zero-order valence-corrected chi connectivity index (χ0v) is 19.9. The lowest BCUT2D eigenvalue weighted by Gasteiger charge is -2.22. The van der Waals surface area contributed by atoms with E-state index in [1.807, 2.05) is 6.20 Å². The van der Waals surface area contributed by atoms with Crippen LogP contribution >= 0.6 is 0 Å². The van der Waals surface area contributed by atoms with Gasteiger partial charge in [-0.15, -0.1) is 0 Å². The maximum absolute atomic E-state index is 4.84. The fourth-order valence-electron chi connectivity index (χ4n) is 5.79. The molecule has 1 atom stereocenters. The predicted molar refractivity (Wildman–Crippen MR) is 138 cm³/mol. The van der Waals surface area contributed by atoms with Crippen molar-refractivity contribution >= 4 is 27.2 Å². The zero-order valence-electron chi connectivity index (χ0n) is 19.9. The molecular weight excluding hydrogens is 388 g/mol. The Balaban J connectivity index is 2.02. The Morgan fingerprint density at radius 1 is 0.875 bits per heavy atom. The molecule has 0 spiro atoms. The summed E-state index contributed by atoms with van der Waals surface area (Å²) in [4.78, 5) is 0. The number of aryl methyl sites for hydroxylation is 3. The van der Waals surface area contributed by atoms with Crippen LogP contribution in [0.2, 0.25) is 0 Å². The van der Waals surface area contributed by atoms with Gasteiger partial charge in [0.2, 0.25) is 0 Å². The molecule has 0 aliphatic carbocycles. The van der Waals surface area contributed by atoms with Gasteiger partial charge in [0.1, 0.15) is 0 Å². The summed E-state index contributed by atoms with van der Waals surface area (Å²) in [5.74, 6) is 0.533. The first kappa shape index (κ1) is 20.8. The Kier molecular flexibility index (Phi) is 5.25. The van der Waals surface area contributed by atoms with Gasteiger partial charge in [-0.1, -0.05) is 74.4 Å². The van der Waals surface area contributed by atoms with E-state index >= 15 is 0 Å². The maximum Gasteiger partial charge on any atom is 0.0772 e. The van der Waals surface area contributed by atoms with Gasteiger partial charge in [-0.05, 0) is 78.8 Å². The highest BCUT2D eigenvalue weighted by Crippen LogP contribution is 2.42. The minimum atomic E-state index is 0.533. The number of fused-ring (bicyclic) bond motifs is 6. The molecule has 0 radical (unpaired) electrons. The Hall–Kier alpha value is -3.13. The van der Waals surface area contributed by atoms with Crippen LogP contribution in [0.5, 0.6) is 0 Å². The molecule has 0 N–H and O–H groups in total. The van der Waals surface area contributed by atoms with Crippen LogP contribution in [0.25, 0.3) is 38.3 Å². The summed E-state index contributed by atoms with van der Waals surface area (Å²) >= 11 is 0. The lowest BCUT2D eigenvalue weighted by Crippen LogP contribution is -2.04. The number of benzene rings is 3. The summed E-state index contributed by atoms with van der Waals surface area (Å²) in [6.45, 7) is 11.3. The molecule has 0 bridgehead atoms. The molecule has 0 saturated carbocycles. The van der Waals surface area contributed by atoms with Gasteiger partial charge in [-0.25, -0.2) is 4.52 Å². The molecule has 5 aromatic rings. The van der Waals surface area contributed by atoms with Crippen molar-refractivity contribution in [2.45, 2.75) is 59.8 Å². The fourth-order valence-corrected chi connectivity index (χ4v) is 5.79. The minimum Gasteiger partial charge on any atom is -0.232 e. The zero-order chi connectivity index (χ0) is 22.4. The second-order valence-electron chi connectivity index (χ2n) is 9.27. The standard InChI is InChI=1S/C30H32N2/c1-6-10-22(7-2)23-13-14-26(28-20(4)17-19(3)18-21(28)5)29-25-12-9-8-11-24(25)27-15-16-31-32(27)30(23)29/h8-9,11-18,22H,6-7,10H2,1-5H3. The SMILES string of the molecule is CCCC(CC)c1ccc(-c2c(C)cc(C)cc2C)c2c3ccccc3c3ccnn3c12. The van der Waals surface area contributed by atoms with Crippen molar-refractivity contribution in [2.24, 2.45) is 0 Å². The third-order valence-electron chi connectivity index (χ3n) is 7.05. The smallest absolute Gasteiger partial charge is 0.0772 e. The van der Waals surface area contributed by atoms with Gasteiger partial charge in [0.05, 0.1) is 17.2 Å². The lowest BCUT2D eigenvalue weighted by molar-refractivity contribution is 0.598. The summed E-state index contributed by atoms with van der Waals surface area (Å²) in [6, 6.07) is 20.4. The van der Waals surface area contributed by atoms with Crippen molar-refractivity contribution in [1.29, 1.82) is 0 Å². The molecule has 0 aliphatic rings. The quantitative estimate of drug-likeness (QED) is 0.260. The van der Waals surface area contributed by atoms with Crippen molar-refractivity contribution in [3.05, 3.63) is 83.0 Å². The van der Waals surface area contributed by atoms with Gasteiger partial charge in [-0.3, -0.25) is 0 Å². The number of nitrogens with zero attached hydrogens (tertiary/aromatic N) is 2. The normalized spacial score (nSPS) is 12.8. The van der Waals surface area contributed by atoms with E-state index in [0.717, 1.165) is 6.42 Å². The molecule has 2 aromatic heterocycles. The molecular formula is C30H32N2. The maximum atomic E-state index is 4.84. The molecule has 32 heavy (non-hydrogen) atoms.